The van der Waals surface area contributed by atoms with Gasteiger partial charge in [0.05, 0.1) is 0 Å². The maximum absolute atomic E-state index is 2.50. The topological polar surface area (TPSA) is 6.48 Å². The van der Waals surface area contributed by atoms with E-state index in [-0.39, 0.29) is 5.41 Å². The van der Waals surface area contributed by atoms with E-state index >= 15 is 0 Å². The molecule has 11 aromatic carbocycles. The fourth-order valence-electron chi connectivity index (χ4n) is 12.1. The van der Waals surface area contributed by atoms with E-state index in [0.29, 0.717) is 0 Å². The van der Waals surface area contributed by atoms with Crippen LogP contribution in [-0.4, -0.2) is 0 Å². The Hall–Kier alpha value is -8.20. The van der Waals surface area contributed by atoms with Crippen molar-refractivity contribution >= 4 is 66.4 Å². The molecule has 1 aliphatic carbocycles. The lowest BCUT2D eigenvalue weighted by Crippen LogP contribution is -2.18. The van der Waals surface area contributed by atoms with Gasteiger partial charge in [-0.15, -0.1) is 0 Å². The second-order valence-electron chi connectivity index (χ2n) is 19.2. The van der Waals surface area contributed by atoms with Crippen LogP contribution in [0, 0.1) is 0 Å². The highest BCUT2D eigenvalue weighted by Gasteiger charge is 2.37. The predicted molar refractivity (Wildman–Crippen MR) is 282 cm³/mol. The Morgan fingerprint density at radius 2 is 0.791 bits per heavy atom. The van der Waals surface area contributed by atoms with E-state index < -0.39 is 0 Å². The minimum Gasteiger partial charge on any atom is -0.310 e. The third kappa shape index (κ3) is 5.63. The molecule has 0 bridgehead atoms. The van der Waals surface area contributed by atoms with Crippen molar-refractivity contribution in [3.63, 3.8) is 0 Å². The molecule has 3 aliphatic rings. The van der Waals surface area contributed by atoms with Crippen molar-refractivity contribution in [3.05, 3.63) is 252 Å². The van der Waals surface area contributed by atoms with Gasteiger partial charge in [0.15, 0.2) is 0 Å². The number of para-hydroxylation sites is 4. The second kappa shape index (κ2) is 14.4. The number of hydrogen-bond donors (Lipinski definition) is 0. The Balaban J connectivity index is 1.13. The largest absolute Gasteiger partial charge is 0.310 e. The molecule has 11 aromatic rings. The van der Waals surface area contributed by atoms with Gasteiger partial charge in [-0.3, -0.25) is 0 Å². The Morgan fingerprint density at radius 3 is 1.39 bits per heavy atom. The van der Waals surface area contributed by atoms with Crippen molar-refractivity contribution in [2.45, 2.75) is 32.1 Å². The first-order chi connectivity index (χ1) is 33.0. The van der Waals surface area contributed by atoms with Crippen LogP contribution in [0.3, 0.4) is 0 Å². The van der Waals surface area contributed by atoms with Crippen LogP contribution in [0.2, 0.25) is 0 Å². The van der Waals surface area contributed by atoms with Crippen molar-refractivity contribution in [3.8, 4) is 33.4 Å². The van der Waals surface area contributed by atoms with Gasteiger partial charge < -0.3 is 9.80 Å². The fourth-order valence-corrected chi connectivity index (χ4v) is 12.1. The molecule has 0 atom stereocenters. The molecular weight excluding hydrogens is 809 g/mol. The van der Waals surface area contributed by atoms with Crippen LogP contribution in [0.5, 0.6) is 0 Å². The van der Waals surface area contributed by atoms with Crippen LogP contribution in [0.15, 0.2) is 218 Å². The smallest absolute Gasteiger partial charge is 0.0497 e. The lowest BCUT2D eigenvalue weighted by atomic mass is 9.80. The zero-order valence-corrected chi connectivity index (χ0v) is 37.6. The maximum atomic E-state index is 2.50. The molecule has 316 valence electrons. The fraction of sp³-hybridized carbons (Fsp3) is 0.0769. The van der Waals surface area contributed by atoms with Gasteiger partial charge in [-0.2, -0.15) is 0 Å². The molecule has 0 fully saturated rings. The van der Waals surface area contributed by atoms with Gasteiger partial charge in [0, 0.05) is 52.4 Å². The van der Waals surface area contributed by atoms with E-state index in [2.05, 4.69) is 242 Å². The van der Waals surface area contributed by atoms with Crippen LogP contribution in [0.4, 0.5) is 34.1 Å². The standard InChI is InChI=1S/C65H46N2/c1-65(2)56-24-10-9-22-52(56)64-53(23-15-25-57(64)65)63-51-35-33-48(66-58-26-11-5-18-43(58)37-44-19-6-12-27-59(44)66)39-54(51)62(47-31-30-41-16-3-4-17-42(41)36-47)50-34-32-49(40-55(50)63)67-60-28-13-7-20-45(60)38-46-21-8-14-29-61(46)67/h3-36,39-40H,37-38H2,1-2H3. The lowest BCUT2D eigenvalue weighted by molar-refractivity contribution is 0.660. The molecule has 0 amide bonds. The number of hydrogen-bond acceptors (Lipinski definition) is 2. The van der Waals surface area contributed by atoms with E-state index in [9.17, 15) is 0 Å². The molecule has 0 aromatic heterocycles. The van der Waals surface area contributed by atoms with E-state index in [1.54, 1.807) is 0 Å². The number of fused-ring (bicyclic) bond motifs is 10. The van der Waals surface area contributed by atoms with Crippen molar-refractivity contribution in [1.29, 1.82) is 0 Å². The summed E-state index contributed by atoms with van der Waals surface area (Å²) in [5, 5.41) is 7.43. The summed E-state index contributed by atoms with van der Waals surface area (Å²) in [5.74, 6) is 0. The summed E-state index contributed by atoms with van der Waals surface area (Å²) in [5.41, 5.74) is 22.9. The average molecular weight is 855 g/mol. The lowest BCUT2D eigenvalue weighted by Gasteiger charge is -2.34. The van der Waals surface area contributed by atoms with Gasteiger partial charge in [-0.05, 0) is 154 Å². The minimum absolute atomic E-state index is 0.146. The van der Waals surface area contributed by atoms with E-state index in [1.165, 1.54) is 122 Å². The third-order valence-corrected chi connectivity index (χ3v) is 15.2. The summed E-state index contributed by atoms with van der Waals surface area (Å²) in [6.45, 7) is 4.79. The SMILES string of the molecule is CC1(C)c2ccccc2-c2c(-c3c4ccc(N5c6ccccc6Cc6ccccc65)cc4c(-c4ccc5ccccc5c4)c4ccc(N5c6ccccc6Cc6ccccc65)cc34)cccc21. The quantitative estimate of drug-likeness (QED) is 0.163. The molecule has 0 radical (unpaired) electrons. The summed E-state index contributed by atoms with van der Waals surface area (Å²) in [6, 6.07) is 82.3. The molecule has 0 saturated carbocycles. The zero-order chi connectivity index (χ0) is 44.4. The van der Waals surface area contributed by atoms with Crippen molar-refractivity contribution < 1.29 is 0 Å². The van der Waals surface area contributed by atoms with Crippen molar-refractivity contribution in [2.24, 2.45) is 0 Å². The molecule has 0 spiro atoms. The van der Waals surface area contributed by atoms with Crippen LogP contribution < -0.4 is 9.80 Å². The minimum atomic E-state index is -0.146. The second-order valence-corrected chi connectivity index (χ2v) is 19.2. The highest BCUT2D eigenvalue weighted by molar-refractivity contribution is 6.24. The van der Waals surface area contributed by atoms with Gasteiger partial charge in [-0.25, -0.2) is 0 Å². The highest BCUT2D eigenvalue weighted by atomic mass is 15.2. The molecule has 2 nitrogen and oxygen atoms in total. The molecule has 67 heavy (non-hydrogen) atoms. The normalized spacial score (nSPS) is 14.1. The van der Waals surface area contributed by atoms with Gasteiger partial charge in [0.2, 0.25) is 0 Å². The number of rotatable bonds is 4. The van der Waals surface area contributed by atoms with E-state index in [0.717, 1.165) is 24.2 Å². The highest BCUT2D eigenvalue weighted by Crippen LogP contribution is 2.56. The molecular formula is C65H46N2. The van der Waals surface area contributed by atoms with Crippen molar-refractivity contribution in [2.75, 3.05) is 9.80 Å². The molecule has 2 heteroatoms. The van der Waals surface area contributed by atoms with E-state index in [4.69, 9.17) is 0 Å². The third-order valence-electron chi connectivity index (χ3n) is 15.2. The maximum Gasteiger partial charge on any atom is 0.0497 e. The summed E-state index contributed by atoms with van der Waals surface area (Å²) in [7, 11) is 0. The molecule has 0 unspecified atom stereocenters. The molecule has 0 saturated heterocycles. The summed E-state index contributed by atoms with van der Waals surface area (Å²) in [4.78, 5) is 4.99. The summed E-state index contributed by atoms with van der Waals surface area (Å²) >= 11 is 0. The number of nitrogens with zero attached hydrogens (tertiary/aromatic N) is 2. The monoisotopic (exact) mass is 854 g/mol. The molecule has 2 heterocycles. The average Bonchev–Trinajstić information content (AvgIpc) is 3.61. The van der Waals surface area contributed by atoms with Crippen LogP contribution >= 0.6 is 0 Å². The van der Waals surface area contributed by atoms with Gasteiger partial charge in [-0.1, -0.05) is 178 Å². The number of benzene rings is 11. The molecule has 2 aliphatic heterocycles. The first-order valence-electron chi connectivity index (χ1n) is 23.7. The first-order valence-corrected chi connectivity index (χ1v) is 23.7. The van der Waals surface area contributed by atoms with E-state index in [1.807, 2.05) is 0 Å². The summed E-state index contributed by atoms with van der Waals surface area (Å²) < 4.78 is 0. The Kier molecular flexibility index (Phi) is 8.19. The number of anilines is 6. The first kappa shape index (κ1) is 38.1. The van der Waals surface area contributed by atoms with Crippen molar-refractivity contribution in [1.82, 2.24) is 0 Å². The van der Waals surface area contributed by atoms with Crippen LogP contribution in [0.25, 0.3) is 65.7 Å². The van der Waals surface area contributed by atoms with Gasteiger partial charge in [0.25, 0.3) is 0 Å². The van der Waals surface area contributed by atoms with Crippen LogP contribution in [-0.2, 0) is 18.3 Å². The Morgan fingerprint density at radius 1 is 0.328 bits per heavy atom. The molecule has 0 N–H and O–H groups in total. The zero-order valence-electron chi connectivity index (χ0n) is 37.6. The van der Waals surface area contributed by atoms with Gasteiger partial charge in [0.1, 0.15) is 0 Å². The van der Waals surface area contributed by atoms with Crippen LogP contribution in [0.1, 0.15) is 47.2 Å². The Labute approximate surface area is 391 Å². The summed E-state index contributed by atoms with van der Waals surface area (Å²) in [6.07, 6.45) is 1.83. The Bertz CT molecular complexity index is 3780. The van der Waals surface area contributed by atoms with Gasteiger partial charge >= 0.3 is 0 Å². The predicted octanol–water partition coefficient (Wildman–Crippen LogP) is 17.5. The molecule has 14 rings (SSSR count).